The molecular weight excluding hydrogens is 272 g/mol. The number of carbonyl (C=O) groups is 2. The van der Waals surface area contributed by atoms with E-state index in [1.807, 2.05) is 0 Å². The number of aromatic amines is 1. The van der Waals surface area contributed by atoms with Crippen molar-refractivity contribution in [3.05, 3.63) is 46.2 Å². The summed E-state index contributed by atoms with van der Waals surface area (Å²) in [6.45, 7) is 0.400. The van der Waals surface area contributed by atoms with Crippen LogP contribution in [0.25, 0.3) is 10.9 Å². The number of aromatic nitrogens is 1. The van der Waals surface area contributed by atoms with Gasteiger partial charge in [-0.2, -0.15) is 0 Å². The molecule has 1 amide bonds. The molecule has 3 rings (SSSR count). The summed E-state index contributed by atoms with van der Waals surface area (Å²) < 4.78 is 0. The first-order chi connectivity index (χ1) is 10.1. The number of aliphatic carboxylic acids is 1. The summed E-state index contributed by atoms with van der Waals surface area (Å²) in [6.07, 6.45) is 1.10. The zero-order valence-electron chi connectivity index (χ0n) is 11.2. The Morgan fingerprint density at radius 3 is 2.81 bits per heavy atom. The van der Waals surface area contributed by atoms with Gasteiger partial charge in [-0.1, -0.05) is 18.2 Å². The Morgan fingerprint density at radius 2 is 2.05 bits per heavy atom. The zero-order valence-corrected chi connectivity index (χ0v) is 11.2. The minimum atomic E-state index is -1.00. The molecule has 6 heteroatoms. The molecular formula is C15H14N2O4. The lowest BCUT2D eigenvalue weighted by Gasteiger charge is -2.22. The number of rotatable bonds is 2. The molecule has 2 aromatic rings. The van der Waals surface area contributed by atoms with Crippen LogP contribution in [0.2, 0.25) is 0 Å². The largest absolute Gasteiger partial charge is 0.480 e. The van der Waals surface area contributed by atoms with Crippen LogP contribution in [0.4, 0.5) is 0 Å². The standard InChI is InChI=1S/C15H14N2O4/c18-13-8-10(9-4-1-2-5-11(9)16-13)14(19)17-7-3-6-12(17)15(20)21/h1-2,4-5,8,12H,3,6-7H2,(H,16,18)(H,20,21). The van der Waals surface area contributed by atoms with E-state index in [0.29, 0.717) is 30.3 Å². The Kier molecular flexibility index (Phi) is 3.21. The summed E-state index contributed by atoms with van der Waals surface area (Å²) in [5.74, 6) is -1.41. The Morgan fingerprint density at radius 1 is 1.29 bits per heavy atom. The molecule has 2 heterocycles. The van der Waals surface area contributed by atoms with Crippen molar-refractivity contribution in [2.24, 2.45) is 0 Å². The maximum absolute atomic E-state index is 12.6. The number of carbonyl (C=O) groups excluding carboxylic acids is 1. The van der Waals surface area contributed by atoms with Gasteiger partial charge in [-0.05, 0) is 18.9 Å². The van der Waals surface area contributed by atoms with Crippen molar-refractivity contribution in [1.29, 1.82) is 0 Å². The number of H-pyrrole nitrogens is 1. The van der Waals surface area contributed by atoms with E-state index in [2.05, 4.69) is 4.98 Å². The van der Waals surface area contributed by atoms with Crippen LogP contribution in [0, 0.1) is 0 Å². The molecule has 6 nitrogen and oxygen atoms in total. The van der Waals surface area contributed by atoms with Crippen molar-refractivity contribution in [3.63, 3.8) is 0 Å². The fourth-order valence-electron chi connectivity index (χ4n) is 2.80. The van der Waals surface area contributed by atoms with E-state index in [1.54, 1.807) is 24.3 Å². The maximum Gasteiger partial charge on any atom is 0.326 e. The van der Waals surface area contributed by atoms with E-state index >= 15 is 0 Å². The molecule has 108 valence electrons. The van der Waals surface area contributed by atoms with Crippen molar-refractivity contribution in [1.82, 2.24) is 9.88 Å². The molecule has 0 saturated carbocycles. The molecule has 1 aliphatic rings. The minimum absolute atomic E-state index is 0.252. The smallest absolute Gasteiger partial charge is 0.326 e. The number of nitrogens with one attached hydrogen (secondary N) is 1. The predicted molar refractivity (Wildman–Crippen MR) is 76.3 cm³/mol. The van der Waals surface area contributed by atoms with Crippen LogP contribution < -0.4 is 5.56 Å². The Balaban J connectivity index is 2.10. The fraction of sp³-hybridized carbons (Fsp3) is 0.267. The van der Waals surface area contributed by atoms with Gasteiger partial charge in [-0.15, -0.1) is 0 Å². The predicted octanol–water partition coefficient (Wildman–Crippen LogP) is 1.22. The van der Waals surface area contributed by atoms with E-state index in [9.17, 15) is 19.5 Å². The molecule has 0 radical (unpaired) electrons. The molecule has 1 aliphatic heterocycles. The van der Waals surface area contributed by atoms with Gasteiger partial charge in [0.15, 0.2) is 0 Å². The molecule has 0 spiro atoms. The first kappa shape index (κ1) is 13.4. The van der Waals surface area contributed by atoms with Crippen LogP contribution in [0.1, 0.15) is 23.2 Å². The maximum atomic E-state index is 12.6. The van der Waals surface area contributed by atoms with Crippen molar-refractivity contribution < 1.29 is 14.7 Å². The van der Waals surface area contributed by atoms with Gasteiger partial charge in [0.05, 0.1) is 5.56 Å². The SMILES string of the molecule is O=C(O)C1CCCN1C(=O)c1cc(=O)[nH]c2ccccc12. The Bertz CT molecular complexity index is 781. The van der Waals surface area contributed by atoms with Crippen LogP contribution in [0.15, 0.2) is 35.1 Å². The summed E-state index contributed by atoms with van der Waals surface area (Å²) in [4.78, 5) is 39.6. The molecule has 1 saturated heterocycles. The number of carboxylic acid groups (broad SMARTS) is 1. The second-order valence-corrected chi connectivity index (χ2v) is 5.09. The van der Waals surface area contributed by atoms with Gasteiger partial charge in [0.25, 0.3) is 5.91 Å². The molecule has 2 N–H and O–H groups in total. The number of benzene rings is 1. The number of para-hydroxylation sites is 1. The molecule has 1 fully saturated rings. The van der Waals surface area contributed by atoms with Crippen molar-refractivity contribution in [3.8, 4) is 0 Å². The van der Waals surface area contributed by atoms with Crippen LogP contribution >= 0.6 is 0 Å². The number of pyridine rings is 1. The van der Waals surface area contributed by atoms with Crippen LogP contribution in [-0.2, 0) is 4.79 Å². The lowest BCUT2D eigenvalue weighted by molar-refractivity contribution is -0.141. The highest BCUT2D eigenvalue weighted by molar-refractivity contribution is 6.07. The monoisotopic (exact) mass is 286 g/mol. The van der Waals surface area contributed by atoms with E-state index in [-0.39, 0.29) is 11.1 Å². The topological polar surface area (TPSA) is 90.5 Å². The summed E-state index contributed by atoms with van der Waals surface area (Å²) in [7, 11) is 0. The fourth-order valence-corrected chi connectivity index (χ4v) is 2.80. The Hall–Kier alpha value is -2.63. The van der Waals surface area contributed by atoms with Crippen LogP contribution in [-0.4, -0.2) is 39.5 Å². The molecule has 21 heavy (non-hydrogen) atoms. The third-order valence-corrected chi connectivity index (χ3v) is 3.78. The summed E-state index contributed by atoms with van der Waals surface area (Å²) in [5, 5.41) is 9.81. The van der Waals surface area contributed by atoms with E-state index < -0.39 is 17.9 Å². The molecule has 1 atom stereocenters. The Labute approximate surface area is 120 Å². The quantitative estimate of drug-likeness (QED) is 0.868. The zero-order chi connectivity index (χ0) is 15.0. The second kappa shape index (κ2) is 5.05. The summed E-state index contributed by atoms with van der Waals surface area (Å²) in [5.41, 5.74) is 0.449. The van der Waals surface area contributed by atoms with Crippen molar-refractivity contribution in [2.75, 3.05) is 6.54 Å². The number of carboxylic acids is 1. The second-order valence-electron chi connectivity index (χ2n) is 5.09. The molecule has 0 aliphatic carbocycles. The highest BCUT2D eigenvalue weighted by Crippen LogP contribution is 2.23. The molecule has 1 aromatic heterocycles. The molecule has 1 unspecified atom stereocenters. The lowest BCUT2D eigenvalue weighted by atomic mass is 10.1. The van der Waals surface area contributed by atoms with Gasteiger partial charge < -0.3 is 15.0 Å². The van der Waals surface area contributed by atoms with Crippen LogP contribution in [0.3, 0.4) is 0 Å². The highest BCUT2D eigenvalue weighted by Gasteiger charge is 2.35. The minimum Gasteiger partial charge on any atom is -0.480 e. The average Bonchev–Trinajstić information content (AvgIpc) is 2.95. The number of nitrogens with zero attached hydrogens (tertiary/aromatic N) is 1. The van der Waals surface area contributed by atoms with Gasteiger partial charge >= 0.3 is 5.97 Å². The molecule has 0 bridgehead atoms. The van der Waals surface area contributed by atoms with Gasteiger partial charge in [0, 0.05) is 23.5 Å². The first-order valence-electron chi connectivity index (χ1n) is 6.74. The normalized spacial score (nSPS) is 18.1. The number of fused-ring (bicyclic) bond motifs is 1. The summed E-state index contributed by atoms with van der Waals surface area (Å²) in [6, 6.07) is 7.42. The number of hydrogen-bond donors (Lipinski definition) is 2. The van der Waals surface area contributed by atoms with Gasteiger partial charge in [-0.3, -0.25) is 9.59 Å². The number of likely N-dealkylation sites (tertiary alicyclic amines) is 1. The molecule has 1 aromatic carbocycles. The van der Waals surface area contributed by atoms with E-state index in [4.69, 9.17) is 0 Å². The van der Waals surface area contributed by atoms with Gasteiger partial charge in [0.1, 0.15) is 6.04 Å². The van der Waals surface area contributed by atoms with Gasteiger partial charge in [-0.25, -0.2) is 4.79 Å². The van der Waals surface area contributed by atoms with Crippen molar-refractivity contribution >= 4 is 22.8 Å². The van der Waals surface area contributed by atoms with Crippen LogP contribution in [0.5, 0.6) is 0 Å². The lowest BCUT2D eigenvalue weighted by Crippen LogP contribution is -2.40. The number of hydrogen-bond acceptors (Lipinski definition) is 3. The average molecular weight is 286 g/mol. The van der Waals surface area contributed by atoms with E-state index in [0.717, 1.165) is 0 Å². The van der Waals surface area contributed by atoms with E-state index in [1.165, 1.54) is 11.0 Å². The van der Waals surface area contributed by atoms with Gasteiger partial charge in [0.2, 0.25) is 5.56 Å². The third-order valence-electron chi connectivity index (χ3n) is 3.78. The van der Waals surface area contributed by atoms with Crippen molar-refractivity contribution in [2.45, 2.75) is 18.9 Å². The third kappa shape index (κ3) is 2.29. The highest BCUT2D eigenvalue weighted by atomic mass is 16.4. The summed E-state index contributed by atoms with van der Waals surface area (Å²) >= 11 is 0. The number of amides is 1. The first-order valence-corrected chi connectivity index (χ1v) is 6.74.